The second kappa shape index (κ2) is 7.24. The number of nitrogens with zero attached hydrogens (tertiary/aromatic N) is 2. The van der Waals surface area contributed by atoms with Crippen molar-refractivity contribution in [3.05, 3.63) is 63.4 Å². The van der Waals surface area contributed by atoms with Gasteiger partial charge in [-0.1, -0.05) is 25.1 Å². The number of para-hydroxylation sites is 1. The van der Waals surface area contributed by atoms with Crippen LogP contribution in [0.1, 0.15) is 30.0 Å². The molecule has 4 heterocycles. The topological polar surface area (TPSA) is 156 Å². The Morgan fingerprint density at radius 3 is 2.55 bits per heavy atom. The Balaban J connectivity index is 0.000000418. The third-order valence-corrected chi connectivity index (χ3v) is 5.42. The summed E-state index contributed by atoms with van der Waals surface area (Å²) < 4.78 is 38.3. The number of hydrogen-bond donors (Lipinski definition) is 3. The minimum atomic E-state index is -4.67. The Hall–Kier alpha value is -3.12. The zero-order chi connectivity index (χ0) is 22.6. The molecule has 11 heteroatoms. The lowest BCUT2D eigenvalue weighted by molar-refractivity contribution is -0.172. The van der Waals surface area contributed by atoms with Crippen LogP contribution in [-0.4, -0.2) is 38.2 Å². The molecule has 31 heavy (non-hydrogen) atoms. The number of carbonyl (C=O) groups excluding carboxylic acids is 1. The average molecular weight is 446 g/mol. The molecule has 2 aliphatic rings. The fourth-order valence-corrected chi connectivity index (χ4v) is 3.93. The predicted molar refractivity (Wildman–Crippen MR) is 109 cm³/mol. The SMILES string of the molecule is CCC1(O)C(=O)OCc2c1cc1n(c2=O)Cc2cc3ccccc3nc2-1.O=S(=O)(O)O. The van der Waals surface area contributed by atoms with Crippen molar-refractivity contribution in [3.8, 4) is 11.4 Å². The quantitative estimate of drug-likeness (QED) is 0.291. The highest BCUT2D eigenvalue weighted by Crippen LogP contribution is 2.38. The van der Waals surface area contributed by atoms with E-state index in [2.05, 4.69) is 0 Å². The number of aromatic nitrogens is 2. The zero-order valence-electron chi connectivity index (χ0n) is 16.3. The highest BCUT2D eigenvalue weighted by molar-refractivity contribution is 7.79. The number of esters is 1. The van der Waals surface area contributed by atoms with Gasteiger partial charge in [0.1, 0.15) is 6.61 Å². The number of cyclic esters (lactones) is 1. The maximum Gasteiger partial charge on any atom is 0.394 e. The first kappa shape index (κ1) is 21.1. The lowest BCUT2D eigenvalue weighted by Crippen LogP contribution is -2.44. The Labute approximate surface area is 176 Å². The molecule has 0 saturated carbocycles. The number of fused-ring (bicyclic) bond motifs is 5. The first-order valence-corrected chi connectivity index (χ1v) is 10.7. The van der Waals surface area contributed by atoms with Gasteiger partial charge in [-0.25, -0.2) is 9.78 Å². The first-order valence-electron chi connectivity index (χ1n) is 9.28. The summed E-state index contributed by atoms with van der Waals surface area (Å²) in [4.78, 5) is 29.9. The third-order valence-electron chi connectivity index (χ3n) is 5.42. The van der Waals surface area contributed by atoms with E-state index < -0.39 is 22.0 Å². The molecule has 3 aromatic rings. The van der Waals surface area contributed by atoms with Crippen LogP contribution < -0.4 is 5.56 Å². The van der Waals surface area contributed by atoms with Crippen molar-refractivity contribution in [1.82, 2.24) is 9.55 Å². The maximum atomic E-state index is 13.0. The Morgan fingerprint density at radius 2 is 1.87 bits per heavy atom. The van der Waals surface area contributed by atoms with Gasteiger partial charge in [0, 0.05) is 16.5 Å². The monoisotopic (exact) mass is 446 g/mol. The van der Waals surface area contributed by atoms with Gasteiger partial charge in [0.25, 0.3) is 5.56 Å². The number of benzene rings is 1. The lowest BCUT2D eigenvalue weighted by Gasteiger charge is -2.31. The van der Waals surface area contributed by atoms with Crippen LogP contribution >= 0.6 is 0 Å². The molecule has 0 bridgehead atoms. The molecule has 0 amide bonds. The van der Waals surface area contributed by atoms with E-state index in [1.54, 1.807) is 17.6 Å². The van der Waals surface area contributed by atoms with Gasteiger partial charge in [-0.3, -0.25) is 13.9 Å². The summed E-state index contributed by atoms with van der Waals surface area (Å²) in [5.74, 6) is -0.707. The number of hydrogen-bond acceptors (Lipinski definition) is 7. The average Bonchev–Trinajstić information content (AvgIpc) is 3.06. The largest absolute Gasteiger partial charge is 0.458 e. The van der Waals surface area contributed by atoms with Crippen molar-refractivity contribution in [3.63, 3.8) is 0 Å². The maximum absolute atomic E-state index is 13.0. The molecule has 1 unspecified atom stereocenters. The van der Waals surface area contributed by atoms with E-state index in [4.69, 9.17) is 27.2 Å². The van der Waals surface area contributed by atoms with Crippen molar-refractivity contribution in [2.45, 2.75) is 32.1 Å². The van der Waals surface area contributed by atoms with Crippen LogP contribution in [0.15, 0.2) is 41.2 Å². The van der Waals surface area contributed by atoms with E-state index in [-0.39, 0.29) is 18.6 Å². The molecule has 162 valence electrons. The molecule has 0 saturated heterocycles. The van der Waals surface area contributed by atoms with Crippen LogP contribution in [0.4, 0.5) is 0 Å². The summed E-state index contributed by atoms with van der Waals surface area (Å²) in [7, 11) is -4.67. The van der Waals surface area contributed by atoms with Gasteiger partial charge in [-0.05, 0) is 24.6 Å². The van der Waals surface area contributed by atoms with Gasteiger partial charge in [-0.15, -0.1) is 0 Å². The molecule has 2 aromatic heterocycles. The third kappa shape index (κ3) is 3.61. The van der Waals surface area contributed by atoms with Crippen molar-refractivity contribution in [2.75, 3.05) is 0 Å². The van der Waals surface area contributed by atoms with Gasteiger partial charge in [0.2, 0.25) is 0 Å². The molecule has 3 N–H and O–H groups in total. The molecular formula is C20H18N2O8S. The van der Waals surface area contributed by atoms with Crippen LogP contribution in [0.2, 0.25) is 0 Å². The highest BCUT2D eigenvalue weighted by atomic mass is 32.3. The highest BCUT2D eigenvalue weighted by Gasteiger charge is 2.45. The second-order valence-electron chi connectivity index (χ2n) is 7.24. The zero-order valence-corrected chi connectivity index (χ0v) is 17.1. The molecule has 1 aromatic carbocycles. The van der Waals surface area contributed by atoms with Crippen LogP contribution in [0, 0.1) is 0 Å². The van der Waals surface area contributed by atoms with Gasteiger partial charge in [0.15, 0.2) is 5.60 Å². The molecule has 0 radical (unpaired) electrons. The van der Waals surface area contributed by atoms with Gasteiger partial charge in [-0.2, -0.15) is 8.42 Å². The lowest BCUT2D eigenvalue weighted by atomic mass is 9.86. The van der Waals surface area contributed by atoms with Crippen molar-refractivity contribution in [1.29, 1.82) is 0 Å². The van der Waals surface area contributed by atoms with Crippen molar-refractivity contribution >= 4 is 27.3 Å². The molecule has 0 fully saturated rings. The van der Waals surface area contributed by atoms with Gasteiger partial charge in [0.05, 0.1) is 29.0 Å². The Morgan fingerprint density at radius 1 is 1.19 bits per heavy atom. The number of pyridine rings is 2. The molecule has 0 spiro atoms. The summed E-state index contributed by atoms with van der Waals surface area (Å²) in [6.45, 7) is 2.01. The van der Waals surface area contributed by atoms with Crippen LogP contribution in [-0.2, 0) is 38.7 Å². The number of ether oxygens (including phenoxy) is 1. The minimum Gasteiger partial charge on any atom is -0.458 e. The standard InChI is InChI=1S/C20H16N2O4.H2O4S/c1-2-20(25)14-8-16-17-12(7-11-5-3-4-6-15(11)21-17)9-22(16)18(23)13(14)10-26-19(20)24;1-5(2,3)4/h3-8,25H,2,9-10H2,1H3;(H2,1,2,3,4). The molecule has 10 nitrogen and oxygen atoms in total. The summed E-state index contributed by atoms with van der Waals surface area (Å²) in [5.41, 5.74) is 1.81. The molecule has 1 atom stereocenters. The Kier molecular flexibility index (Phi) is 4.93. The van der Waals surface area contributed by atoms with E-state index in [1.807, 2.05) is 30.3 Å². The normalized spacial score (nSPS) is 19.0. The number of rotatable bonds is 1. The molecule has 2 aliphatic heterocycles. The molecular weight excluding hydrogens is 428 g/mol. The summed E-state index contributed by atoms with van der Waals surface area (Å²) >= 11 is 0. The van der Waals surface area contributed by atoms with Crippen LogP contribution in [0.5, 0.6) is 0 Å². The summed E-state index contributed by atoms with van der Waals surface area (Å²) in [6, 6.07) is 11.6. The van der Waals surface area contributed by atoms with E-state index in [0.29, 0.717) is 23.4 Å². The van der Waals surface area contributed by atoms with E-state index in [1.165, 1.54) is 0 Å². The van der Waals surface area contributed by atoms with Crippen LogP contribution in [0.25, 0.3) is 22.3 Å². The summed E-state index contributed by atoms with van der Waals surface area (Å²) in [6.07, 6.45) is 0.139. The smallest absolute Gasteiger partial charge is 0.394 e. The number of aliphatic hydroxyl groups is 1. The second-order valence-corrected chi connectivity index (χ2v) is 8.14. The fourth-order valence-electron chi connectivity index (χ4n) is 3.93. The number of carbonyl (C=O) groups is 1. The molecule has 0 aliphatic carbocycles. The minimum absolute atomic E-state index is 0.110. The van der Waals surface area contributed by atoms with E-state index >= 15 is 0 Å². The van der Waals surface area contributed by atoms with Crippen molar-refractivity contribution < 1.29 is 32.2 Å². The van der Waals surface area contributed by atoms with Gasteiger partial charge >= 0.3 is 16.4 Å². The van der Waals surface area contributed by atoms with E-state index in [0.717, 1.165) is 22.2 Å². The van der Waals surface area contributed by atoms with Crippen LogP contribution in [0.3, 0.4) is 0 Å². The predicted octanol–water partition coefficient (Wildman–Crippen LogP) is 1.43. The van der Waals surface area contributed by atoms with E-state index in [9.17, 15) is 14.7 Å². The Bertz CT molecular complexity index is 1390. The van der Waals surface area contributed by atoms with Gasteiger partial charge < -0.3 is 14.4 Å². The summed E-state index contributed by atoms with van der Waals surface area (Å²) in [5, 5.41) is 11.8. The first-order chi connectivity index (χ1) is 14.5. The van der Waals surface area contributed by atoms with Crippen molar-refractivity contribution in [2.24, 2.45) is 0 Å². The fraction of sp³-hybridized carbons (Fsp3) is 0.250. The molecule has 5 rings (SSSR count).